The number of benzene rings is 2. The summed E-state index contributed by atoms with van der Waals surface area (Å²) in [6, 6.07) is 8.89. The number of ether oxygens (including phenoxy) is 2. The van der Waals surface area contributed by atoms with Gasteiger partial charge in [-0.3, -0.25) is 19.3 Å². The van der Waals surface area contributed by atoms with E-state index in [2.05, 4.69) is 21.2 Å². The number of anilines is 1. The molecule has 0 atom stereocenters. The van der Waals surface area contributed by atoms with Crippen LogP contribution in [0.1, 0.15) is 16.7 Å². The third kappa shape index (κ3) is 5.29. The van der Waals surface area contributed by atoms with Crippen LogP contribution in [0.4, 0.5) is 10.5 Å². The number of nitrogens with one attached hydrogen (secondary N) is 1. The molecule has 1 aliphatic rings. The van der Waals surface area contributed by atoms with Gasteiger partial charge in [0.1, 0.15) is 0 Å². The van der Waals surface area contributed by atoms with E-state index < -0.39 is 0 Å². The van der Waals surface area contributed by atoms with Crippen molar-refractivity contribution in [3.63, 3.8) is 0 Å². The molecular formula is C22H21BrN2O5S. The highest BCUT2D eigenvalue weighted by molar-refractivity contribution is 9.10. The molecule has 0 radical (unpaired) electrons. The van der Waals surface area contributed by atoms with Gasteiger partial charge in [-0.2, -0.15) is 0 Å². The van der Waals surface area contributed by atoms with E-state index in [1.807, 2.05) is 26.0 Å². The molecule has 1 heterocycles. The van der Waals surface area contributed by atoms with Crippen LogP contribution in [0.25, 0.3) is 6.08 Å². The van der Waals surface area contributed by atoms with Crippen molar-refractivity contribution < 1.29 is 23.9 Å². The maximum Gasteiger partial charge on any atom is 0.293 e. The van der Waals surface area contributed by atoms with E-state index in [0.717, 1.165) is 32.3 Å². The first-order valence-corrected chi connectivity index (χ1v) is 10.9. The van der Waals surface area contributed by atoms with Gasteiger partial charge < -0.3 is 14.8 Å². The molecule has 0 saturated carbocycles. The van der Waals surface area contributed by atoms with Crippen molar-refractivity contribution in [3.8, 4) is 11.5 Å². The Kier molecular flexibility index (Phi) is 7.07. The SMILES string of the molecule is COc1cc(/C=C2/SC(=O)N(C)C2=O)ccc1OCC(=O)Nc1cc(C)c(C)cc1Br. The predicted molar refractivity (Wildman–Crippen MR) is 124 cm³/mol. The van der Waals surface area contributed by atoms with E-state index >= 15 is 0 Å². The Morgan fingerprint density at radius 2 is 1.87 bits per heavy atom. The van der Waals surface area contributed by atoms with Gasteiger partial charge in [0.2, 0.25) is 0 Å². The second-order valence-electron chi connectivity index (χ2n) is 6.90. The minimum atomic E-state index is -0.344. The van der Waals surface area contributed by atoms with Crippen LogP contribution in [0.2, 0.25) is 0 Å². The summed E-state index contributed by atoms with van der Waals surface area (Å²) in [6.07, 6.45) is 1.62. The first kappa shape index (κ1) is 22.9. The van der Waals surface area contributed by atoms with E-state index in [0.29, 0.717) is 27.7 Å². The number of methoxy groups -OCH3 is 1. The molecule has 31 heavy (non-hydrogen) atoms. The summed E-state index contributed by atoms with van der Waals surface area (Å²) in [7, 11) is 2.93. The predicted octanol–water partition coefficient (Wildman–Crippen LogP) is 4.76. The number of hydrogen-bond acceptors (Lipinski definition) is 6. The molecule has 1 saturated heterocycles. The Labute approximate surface area is 192 Å². The van der Waals surface area contributed by atoms with E-state index in [9.17, 15) is 14.4 Å². The number of nitrogens with zero attached hydrogens (tertiary/aromatic N) is 1. The van der Waals surface area contributed by atoms with Crippen LogP contribution in [0, 0.1) is 13.8 Å². The lowest BCUT2D eigenvalue weighted by Gasteiger charge is -2.13. The second kappa shape index (κ2) is 9.57. The van der Waals surface area contributed by atoms with Crippen LogP contribution in [0.3, 0.4) is 0 Å². The fourth-order valence-electron chi connectivity index (χ4n) is 2.80. The van der Waals surface area contributed by atoms with Crippen LogP contribution < -0.4 is 14.8 Å². The topological polar surface area (TPSA) is 84.9 Å². The molecule has 7 nitrogen and oxygen atoms in total. The van der Waals surface area contributed by atoms with E-state index in [-0.39, 0.29) is 23.7 Å². The summed E-state index contributed by atoms with van der Waals surface area (Å²) in [5.74, 6) is 0.136. The first-order valence-electron chi connectivity index (χ1n) is 9.28. The molecule has 162 valence electrons. The molecule has 3 rings (SSSR count). The lowest BCUT2D eigenvalue weighted by Crippen LogP contribution is -2.22. The Bertz CT molecular complexity index is 1100. The van der Waals surface area contributed by atoms with Crippen LogP contribution in [0.15, 0.2) is 39.7 Å². The Morgan fingerprint density at radius 3 is 2.52 bits per heavy atom. The third-order valence-electron chi connectivity index (χ3n) is 4.69. The highest BCUT2D eigenvalue weighted by Crippen LogP contribution is 2.34. The zero-order chi connectivity index (χ0) is 22.7. The Balaban J connectivity index is 1.68. The van der Waals surface area contributed by atoms with Gasteiger partial charge in [0.25, 0.3) is 17.1 Å². The van der Waals surface area contributed by atoms with E-state index in [1.54, 1.807) is 24.3 Å². The summed E-state index contributed by atoms with van der Waals surface area (Å²) in [5, 5.41) is 2.51. The van der Waals surface area contributed by atoms with E-state index in [1.165, 1.54) is 14.2 Å². The van der Waals surface area contributed by atoms with Gasteiger partial charge in [0, 0.05) is 11.5 Å². The highest BCUT2D eigenvalue weighted by Gasteiger charge is 2.31. The van der Waals surface area contributed by atoms with Gasteiger partial charge in [-0.25, -0.2) is 0 Å². The minimum absolute atomic E-state index is 0.205. The molecular weight excluding hydrogens is 484 g/mol. The average Bonchev–Trinajstić information content (AvgIpc) is 2.97. The molecule has 3 amide bonds. The Hall–Kier alpha value is -2.78. The minimum Gasteiger partial charge on any atom is -0.493 e. The monoisotopic (exact) mass is 504 g/mol. The molecule has 0 bridgehead atoms. The van der Waals surface area contributed by atoms with Crippen molar-refractivity contribution in [1.82, 2.24) is 4.90 Å². The number of halogens is 1. The normalized spacial score (nSPS) is 14.9. The lowest BCUT2D eigenvalue weighted by atomic mass is 10.1. The standard InChI is InChI=1S/C22H21BrN2O5S/c1-12-7-15(23)16(8-13(12)2)24-20(26)11-30-17-6-5-14(9-18(17)29-4)10-19-21(27)25(3)22(28)31-19/h5-10H,11H2,1-4H3,(H,24,26)/b19-10+. The summed E-state index contributed by atoms with van der Waals surface area (Å²) >= 11 is 4.34. The second-order valence-corrected chi connectivity index (χ2v) is 8.75. The fourth-order valence-corrected chi connectivity index (χ4v) is 4.18. The zero-order valence-corrected chi connectivity index (χ0v) is 19.8. The van der Waals surface area contributed by atoms with Crippen molar-refractivity contribution in [2.45, 2.75) is 13.8 Å². The van der Waals surface area contributed by atoms with Crippen molar-refractivity contribution in [2.24, 2.45) is 0 Å². The number of hydrogen-bond donors (Lipinski definition) is 1. The lowest BCUT2D eigenvalue weighted by molar-refractivity contribution is -0.121. The smallest absolute Gasteiger partial charge is 0.293 e. The number of aryl methyl sites for hydroxylation is 2. The van der Waals surface area contributed by atoms with Crippen LogP contribution >= 0.6 is 27.7 Å². The molecule has 0 aromatic heterocycles. The summed E-state index contributed by atoms with van der Waals surface area (Å²) in [5.41, 5.74) is 3.53. The maximum atomic E-state index is 12.3. The number of carbonyl (C=O) groups excluding carboxylic acids is 3. The number of imide groups is 1. The number of rotatable bonds is 6. The van der Waals surface area contributed by atoms with Crippen LogP contribution in [-0.4, -0.2) is 42.7 Å². The van der Waals surface area contributed by atoms with Gasteiger partial charge in [0.15, 0.2) is 18.1 Å². The molecule has 1 fully saturated rings. The largest absolute Gasteiger partial charge is 0.493 e. The maximum absolute atomic E-state index is 12.3. The van der Waals surface area contributed by atoms with Gasteiger partial charge in [-0.1, -0.05) is 6.07 Å². The van der Waals surface area contributed by atoms with Crippen molar-refractivity contribution >= 4 is 56.5 Å². The molecule has 2 aromatic rings. The molecule has 1 N–H and O–H groups in total. The zero-order valence-electron chi connectivity index (χ0n) is 17.4. The molecule has 0 aliphatic carbocycles. The molecule has 9 heteroatoms. The molecule has 1 aliphatic heterocycles. The summed E-state index contributed by atoms with van der Waals surface area (Å²) < 4.78 is 11.8. The van der Waals surface area contributed by atoms with Gasteiger partial charge >= 0.3 is 0 Å². The van der Waals surface area contributed by atoms with E-state index in [4.69, 9.17) is 9.47 Å². The Morgan fingerprint density at radius 1 is 1.16 bits per heavy atom. The van der Waals surface area contributed by atoms with Crippen molar-refractivity contribution in [2.75, 3.05) is 26.1 Å². The molecule has 0 spiro atoms. The third-order valence-corrected chi connectivity index (χ3v) is 6.31. The van der Waals surface area contributed by atoms with Crippen molar-refractivity contribution in [1.29, 1.82) is 0 Å². The fraction of sp³-hybridized carbons (Fsp3) is 0.227. The van der Waals surface area contributed by atoms with Gasteiger partial charge in [0.05, 0.1) is 17.7 Å². The van der Waals surface area contributed by atoms with Gasteiger partial charge in [-0.15, -0.1) is 0 Å². The number of likely N-dealkylation sites (N-methyl/N-ethyl adjacent to an activating group) is 1. The molecule has 2 aromatic carbocycles. The van der Waals surface area contributed by atoms with Crippen molar-refractivity contribution in [3.05, 3.63) is 56.4 Å². The summed E-state index contributed by atoms with van der Waals surface area (Å²) in [6.45, 7) is 3.77. The van der Waals surface area contributed by atoms with Crippen LogP contribution in [0.5, 0.6) is 11.5 Å². The highest BCUT2D eigenvalue weighted by atomic mass is 79.9. The number of carbonyl (C=O) groups is 3. The first-order chi connectivity index (χ1) is 14.7. The average molecular weight is 505 g/mol. The summed E-state index contributed by atoms with van der Waals surface area (Å²) in [4.78, 5) is 37.4. The molecule has 0 unspecified atom stereocenters. The number of amides is 3. The van der Waals surface area contributed by atoms with Gasteiger partial charge in [-0.05, 0) is 88.6 Å². The number of thioether (sulfide) groups is 1. The van der Waals surface area contributed by atoms with Crippen LogP contribution in [-0.2, 0) is 9.59 Å². The quantitative estimate of drug-likeness (QED) is 0.570.